The van der Waals surface area contributed by atoms with E-state index in [2.05, 4.69) is 22.1 Å². The van der Waals surface area contributed by atoms with Gasteiger partial charge in [0.25, 0.3) is 0 Å². The number of hydrogen-bond donors (Lipinski definition) is 2. The van der Waals surface area contributed by atoms with Gasteiger partial charge in [-0.05, 0) is 51.1 Å². The first-order valence-electron chi connectivity index (χ1n) is 8.11. The Hall–Kier alpha value is -0.870. The monoisotopic (exact) mass is 279 g/mol. The fraction of sp³-hybridized carbons (Fsp3) is 0.812. The van der Waals surface area contributed by atoms with Gasteiger partial charge in [-0.1, -0.05) is 6.08 Å². The highest BCUT2D eigenvalue weighted by Crippen LogP contribution is 2.18. The number of hydrogen-bond acceptors (Lipinski definition) is 3. The van der Waals surface area contributed by atoms with Crippen molar-refractivity contribution in [1.29, 1.82) is 0 Å². The second kappa shape index (κ2) is 8.42. The molecule has 0 aliphatic carbocycles. The summed E-state index contributed by atoms with van der Waals surface area (Å²) in [7, 11) is 0. The van der Waals surface area contributed by atoms with E-state index in [0.717, 1.165) is 57.9 Å². The Morgan fingerprint density at radius 2 is 1.95 bits per heavy atom. The topological polar surface area (TPSA) is 44.4 Å². The van der Waals surface area contributed by atoms with Crippen LogP contribution in [-0.4, -0.2) is 49.6 Å². The standard InChI is InChI=1S/C16H29N3O/c1-2-11-19-12-7-15(8-13-19)18-16(20)4-3-14-5-9-17-10-6-14/h2,14-15,17H,1,3-13H2,(H,18,20). The molecule has 0 unspecified atom stereocenters. The lowest BCUT2D eigenvalue weighted by atomic mass is 9.93. The van der Waals surface area contributed by atoms with Gasteiger partial charge in [0.1, 0.15) is 0 Å². The lowest BCUT2D eigenvalue weighted by molar-refractivity contribution is -0.122. The molecule has 0 saturated carbocycles. The highest BCUT2D eigenvalue weighted by atomic mass is 16.1. The molecule has 114 valence electrons. The van der Waals surface area contributed by atoms with E-state index in [-0.39, 0.29) is 5.91 Å². The van der Waals surface area contributed by atoms with Crippen molar-refractivity contribution in [3.8, 4) is 0 Å². The van der Waals surface area contributed by atoms with Crippen LogP contribution in [0.25, 0.3) is 0 Å². The van der Waals surface area contributed by atoms with E-state index in [4.69, 9.17) is 0 Å². The van der Waals surface area contributed by atoms with Crippen LogP contribution in [-0.2, 0) is 4.79 Å². The fourth-order valence-electron chi connectivity index (χ4n) is 3.25. The molecule has 2 fully saturated rings. The van der Waals surface area contributed by atoms with E-state index in [9.17, 15) is 4.79 Å². The largest absolute Gasteiger partial charge is 0.353 e. The molecule has 2 heterocycles. The minimum absolute atomic E-state index is 0.255. The summed E-state index contributed by atoms with van der Waals surface area (Å²) in [6.07, 6.45) is 8.33. The molecule has 2 rings (SSSR count). The van der Waals surface area contributed by atoms with Crippen LogP contribution < -0.4 is 10.6 Å². The molecule has 2 N–H and O–H groups in total. The van der Waals surface area contributed by atoms with Crippen LogP contribution in [0.4, 0.5) is 0 Å². The first kappa shape index (κ1) is 15.5. The van der Waals surface area contributed by atoms with Crippen LogP contribution in [0.15, 0.2) is 12.7 Å². The summed E-state index contributed by atoms with van der Waals surface area (Å²) in [6.45, 7) is 9.13. The molecule has 0 aromatic heterocycles. The Kier molecular flexibility index (Phi) is 6.54. The van der Waals surface area contributed by atoms with Gasteiger partial charge in [-0.15, -0.1) is 6.58 Å². The van der Waals surface area contributed by atoms with Crippen LogP contribution in [0.1, 0.15) is 38.5 Å². The molecule has 0 aromatic rings. The number of rotatable bonds is 6. The smallest absolute Gasteiger partial charge is 0.220 e. The predicted octanol–water partition coefficient (Wildman–Crippen LogP) is 1.53. The van der Waals surface area contributed by atoms with Crippen LogP contribution in [0.5, 0.6) is 0 Å². The maximum atomic E-state index is 12.0. The third-order valence-electron chi connectivity index (χ3n) is 4.58. The quantitative estimate of drug-likeness (QED) is 0.725. The zero-order valence-corrected chi connectivity index (χ0v) is 12.6. The molecule has 0 aromatic carbocycles. The molecular weight excluding hydrogens is 250 g/mol. The lowest BCUT2D eigenvalue weighted by Gasteiger charge is -2.31. The summed E-state index contributed by atoms with van der Waals surface area (Å²) in [6, 6.07) is 0.386. The van der Waals surface area contributed by atoms with Crippen LogP contribution in [0.3, 0.4) is 0 Å². The van der Waals surface area contributed by atoms with Gasteiger partial charge in [-0.3, -0.25) is 9.69 Å². The van der Waals surface area contributed by atoms with E-state index in [1.165, 1.54) is 12.8 Å². The van der Waals surface area contributed by atoms with Gasteiger partial charge in [0.05, 0.1) is 0 Å². The molecule has 0 radical (unpaired) electrons. The van der Waals surface area contributed by atoms with Crippen molar-refractivity contribution in [1.82, 2.24) is 15.5 Å². The van der Waals surface area contributed by atoms with Crippen molar-refractivity contribution in [2.45, 2.75) is 44.6 Å². The zero-order chi connectivity index (χ0) is 14.2. The SMILES string of the molecule is C=CCN1CCC(NC(=O)CCC2CCNCC2)CC1. The van der Waals surface area contributed by atoms with E-state index in [1.807, 2.05) is 6.08 Å². The summed E-state index contributed by atoms with van der Waals surface area (Å²) >= 11 is 0. The molecule has 0 spiro atoms. The van der Waals surface area contributed by atoms with Crippen LogP contribution >= 0.6 is 0 Å². The average Bonchev–Trinajstić information content (AvgIpc) is 2.49. The maximum absolute atomic E-state index is 12.0. The third-order valence-corrected chi connectivity index (χ3v) is 4.58. The number of nitrogens with one attached hydrogen (secondary N) is 2. The average molecular weight is 279 g/mol. The van der Waals surface area contributed by atoms with Gasteiger partial charge in [0.2, 0.25) is 5.91 Å². The molecule has 4 nitrogen and oxygen atoms in total. The van der Waals surface area contributed by atoms with Crippen molar-refractivity contribution in [2.24, 2.45) is 5.92 Å². The molecule has 4 heteroatoms. The van der Waals surface area contributed by atoms with Gasteiger partial charge in [0, 0.05) is 32.1 Å². The molecule has 0 bridgehead atoms. The first-order chi connectivity index (χ1) is 9.78. The zero-order valence-electron chi connectivity index (χ0n) is 12.6. The summed E-state index contributed by atoms with van der Waals surface area (Å²) in [5.74, 6) is 1.00. The number of likely N-dealkylation sites (tertiary alicyclic amines) is 1. The highest BCUT2D eigenvalue weighted by Gasteiger charge is 2.20. The minimum atomic E-state index is 0.255. The van der Waals surface area contributed by atoms with Gasteiger partial charge < -0.3 is 10.6 Å². The molecule has 2 aliphatic rings. The lowest BCUT2D eigenvalue weighted by Crippen LogP contribution is -2.44. The van der Waals surface area contributed by atoms with Crippen molar-refractivity contribution in [2.75, 3.05) is 32.7 Å². The summed E-state index contributed by atoms with van der Waals surface area (Å²) < 4.78 is 0. The maximum Gasteiger partial charge on any atom is 0.220 e. The third kappa shape index (κ3) is 5.25. The fourth-order valence-corrected chi connectivity index (χ4v) is 3.25. The summed E-state index contributed by atoms with van der Waals surface area (Å²) in [5.41, 5.74) is 0. The number of amides is 1. The molecule has 2 aliphatic heterocycles. The van der Waals surface area contributed by atoms with Gasteiger partial charge in [-0.25, -0.2) is 0 Å². The Morgan fingerprint density at radius 1 is 1.25 bits per heavy atom. The normalized spacial score (nSPS) is 22.6. The first-order valence-corrected chi connectivity index (χ1v) is 8.11. The van der Waals surface area contributed by atoms with Gasteiger partial charge in [-0.2, -0.15) is 0 Å². The van der Waals surface area contributed by atoms with Crippen molar-refractivity contribution >= 4 is 5.91 Å². The second-order valence-electron chi connectivity index (χ2n) is 6.16. The van der Waals surface area contributed by atoms with Crippen molar-refractivity contribution in [3.05, 3.63) is 12.7 Å². The van der Waals surface area contributed by atoms with Crippen molar-refractivity contribution in [3.63, 3.8) is 0 Å². The molecule has 20 heavy (non-hydrogen) atoms. The van der Waals surface area contributed by atoms with E-state index >= 15 is 0 Å². The van der Waals surface area contributed by atoms with Gasteiger partial charge in [0.15, 0.2) is 0 Å². The van der Waals surface area contributed by atoms with E-state index < -0.39 is 0 Å². The highest BCUT2D eigenvalue weighted by molar-refractivity contribution is 5.76. The van der Waals surface area contributed by atoms with E-state index in [0.29, 0.717) is 12.5 Å². The Labute approximate surface area is 123 Å². The molecule has 0 atom stereocenters. The van der Waals surface area contributed by atoms with Crippen LogP contribution in [0, 0.1) is 5.92 Å². The Balaban J connectivity index is 1.58. The number of carbonyl (C=O) groups is 1. The number of nitrogens with zero attached hydrogens (tertiary/aromatic N) is 1. The molecular formula is C16H29N3O. The predicted molar refractivity (Wildman–Crippen MR) is 82.6 cm³/mol. The second-order valence-corrected chi connectivity index (χ2v) is 6.16. The number of carbonyl (C=O) groups excluding carboxylic acids is 1. The summed E-state index contributed by atoms with van der Waals surface area (Å²) in [4.78, 5) is 14.4. The Morgan fingerprint density at radius 3 is 2.60 bits per heavy atom. The molecule has 1 amide bonds. The van der Waals surface area contributed by atoms with Crippen LogP contribution in [0.2, 0.25) is 0 Å². The number of piperidine rings is 2. The summed E-state index contributed by atoms with van der Waals surface area (Å²) in [5, 5.41) is 6.58. The van der Waals surface area contributed by atoms with E-state index in [1.54, 1.807) is 0 Å². The van der Waals surface area contributed by atoms with Gasteiger partial charge >= 0.3 is 0 Å². The molecule has 2 saturated heterocycles. The Bertz CT molecular complexity index is 305. The minimum Gasteiger partial charge on any atom is -0.353 e. The van der Waals surface area contributed by atoms with Crippen molar-refractivity contribution < 1.29 is 4.79 Å².